The summed E-state index contributed by atoms with van der Waals surface area (Å²) >= 11 is 6.02. The highest BCUT2D eigenvalue weighted by Gasteiger charge is 2.17. The second-order valence-corrected chi connectivity index (χ2v) is 9.00. The van der Waals surface area contributed by atoms with Crippen LogP contribution < -0.4 is 16.0 Å². The topological polar surface area (TPSA) is 72.0 Å². The molecule has 0 fully saturated rings. The van der Waals surface area contributed by atoms with Crippen molar-refractivity contribution >= 4 is 40.2 Å². The highest BCUT2D eigenvalue weighted by atomic mass is 35.5. The smallest absolute Gasteiger partial charge is 0.209 e. The van der Waals surface area contributed by atoms with Crippen LogP contribution in [0.25, 0.3) is 11.2 Å². The minimum atomic E-state index is 0.561. The first kappa shape index (κ1) is 22.4. The van der Waals surface area contributed by atoms with E-state index in [9.17, 15) is 0 Å². The third kappa shape index (κ3) is 5.64. The number of fused-ring (bicyclic) bond motifs is 1. The standard InChI is InChI=1S/C23H33ClN6/c1-16(2)14-29(15-17(3)4)21-11-10-20-22(28-21)30(13-5-12-25)23(27-20)26-19-8-6-18(24)7-9-19/h6-11,16-17H,5,12-15,25H2,1-4H3,(H,26,27). The molecule has 0 saturated heterocycles. The normalized spacial score (nSPS) is 11.6. The Labute approximate surface area is 184 Å². The number of nitrogens with two attached hydrogens (primary N) is 1. The van der Waals surface area contributed by atoms with Gasteiger partial charge in [-0.1, -0.05) is 39.3 Å². The average molecular weight is 429 g/mol. The fourth-order valence-electron chi connectivity index (χ4n) is 3.53. The number of hydrogen-bond acceptors (Lipinski definition) is 5. The molecule has 2 heterocycles. The molecule has 0 amide bonds. The van der Waals surface area contributed by atoms with Gasteiger partial charge in [0.15, 0.2) is 5.65 Å². The van der Waals surface area contributed by atoms with Crippen LogP contribution in [-0.2, 0) is 6.54 Å². The molecule has 0 unspecified atom stereocenters. The Balaban J connectivity index is 2.00. The Morgan fingerprint density at radius 1 is 1.00 bits per heavy atom. The van der Waals surface area contributed by atoms with Crippen LogP contribution in [-0.4, -0.2) is 34.2 Å². The Morgan fingerprint density at radius 2 is 1.67 bits per heavy atom. The summed E-state index contributed by atoms with van der Waals surface area (Å²) in [5.74, 6) is 2.89. The lowest BCUT2D eigenvalue weighted by Gasteiger charge is -2.27. The summed E-state index contributed by atoms with van der Waals surface area (Å²) in [6, 6.07) is 11.8. The lowest BCUT2D eigenvalue weighted by molar-refractivity contribution is 0.549. The van der Waals surface area contributed by atoms with Gasteiger partial charge >= 0.3 is 0 Å². The molecule has 162 valence electrons. The number of aromatic nitrogens is 3. The first-order valence-corrected chi connectivity index (χ1v) is 11.1. The Morgan fingerprint density at radius 3 is 2.27 bits per heavy atom. The van der Waals surface area contributed by atoms with E-state index in [0.717, 1.165) is 54.7 Å². The summed E-state index contributed by atoms with van der Waals surface area (Å²) in [7, 11) is 0. The summed E-state index contributed by atoms with van der Waals surface area (Å²) in [4.78, 5) is 12.2. The lowest BCUT2D eigenvalue weighted by Crippen LogP contribution is -2.32. The molecule has 0 aliphatic rings. The number of hydrogen-bond donors (Lipinski definition) is 2. The van der Waals surface area contributed by atoms with E-state index in [1.165, 1.54) is 0 Å². The Kier molecular flexibility index (Phi) is 7.56. The van der Waals surface area contributed by atoms with Gasteiger partial charge in [-0.3, -0.25) is 4.57 Å². The lowest BCUT2D eigenvalue weighted by atomic mass is 10.1. The van der Waals surface area contributed by atoms with Gasteiger partial charge in [-0.15, -0.1) is 0 Å². The van der Waals surface area contributed by atoms with Crippen LogP contribution in [0, 0.1) is 11.8 Å². The maximum absolute atomic E-state index is 6.02. The Hall–Kier alpha value is -2.31. The van der Waals surface area contributed by atoms with Crippen molar-refractivity contribution in [2.75, 3.05) is 29.9 Å². The molecule has 0 atom stereocenters. The van der Waals surface area contributed by atoms with Crippen molar-refractivity contribution in [2.45, 2.75) is 40.7 Å². The molecule has 0 aliphatic heterocycles. The van der Waals surface area contributed by atoms with E-state index in [0.29, 0.717) is 23.4 Å². The van der Waals surface area contributed by atoms with Crippen LogP contribution in [0.2, 0.25) is 5.02 Å². The predicted molar refractivity (Wildman–Crippen MR) is 128 cm³/mol. The molecular formula is C23H33ClN6. The minimum Gasteiger partial charge on any atom is -0.356 e. The van der Waals surface area contributed by atoms with Crippen molar-refractivity contribution in [3.63, 3.8) is 0 Å². The number of benzene rings is 1. The number of nitrogens with zero attached hydrogens (tertiary/aromatic N) is 4. The summed E-state index contributed by atoms with van der Waals surface area (Å²) in [6.07, 6.45) is 0.856. The molecule has 3 rings (SSSR count). The van der Waals surface area contributed by atoms with Gasteiger partial charge in [-0.05, 0) is 61.2 Å². The summed E-state index contributed by atoms with van der Waals surface area (Å²) in [5.41, 5.74) is 8.49. The second kappa shape index (κ2) is 10.1. The average Bonchev–Trinajstić information content (AvgIpc) is 3.03. The molecule has 0 bridgehead atoms. The van der Waals surface area contributed by atoms with Gasteiger partial charge in [0.2, 0.25) is 5.95 Å². The summed E-state index contributed by atoms with van der Waals surface area (Å²) in [6.45, 7) is 12.3. The molecular weight excluding hydrogens is 396 g/mol. The number of imidazole rings is 1. The van der Waals surface area contributed by atoms with Gasteiger partial charge in [-0.2, -0.15) is 0 Å². The highest BCUT2D eigenvalue weighted by Crippen LogP contribution is 2.26. The van der Waals surface area contributed by atoms with Gasteiger partial charge < -0.3 is 16.0 Å². The molecule has 1 aromatic carbocycles. The molecule has 0 aliphatic carbocycles. The van der Waals surface area contributed by atoms with E-state index in [1.807, 2.05) is 24.3 Å². The Bertz CT molecular complexity index is 938. The van der Waals surface area contributed by atoms with Crippen molar-refractivity contribution in [3.8, 4) is 0 Å². The fraction of sp³-hybridized carbons (Fsp3) is 0.478. The van der Waals surface area contributed by atoms with Crippen molar-refractivity contribution in [2.24, 2.45) is 17.6 Å². The van der Waals surface area contributed by atoms with Gasteiger partial charge in [-0.25, -0.2) is 9.97 Å². The number of aryl methyl sites for hydroxylation is 1. The van der Waals surface area contributed by atoms with E-state index in [-0.39, 0.29) is 0 Å². The van der Waals surface area contributed by atoms with E-state index >= 15 is 0 Å². The van der Waals surface area contributed by atoms with Gasteiger partial charge in [0.25, 0.3) is 0 Å². The highest BCUT2D eigenvalue weighted by molar-refractivity contribution is 6.30. The number of anilines is 3. The van der Waals surface area contributed by atoms with Gasteiger partial charge in [0, 0.05) is 30.3 Å². The number of nitrogens with one attached hydrogen (secondary N) is 1. The SMILES string of the molecule is CC(C)CN(CC(C)C)c1ccc2nc(Nc3ccc(Cl)cc3)n(CCCN)c2n1. The van der Waals surface area contributed by atoms with Gasteiger partial charge in [0.1, 0.15) is 11.3 Å². The van der Waals surface area contributed by atoms with Crippen LogP contribution in [0.15, 0.2) is 36.4 Å². The van der Waals surface area contributed by atoms with Crippen LogP contribution in [0.5, 0.6) is 0 Å². The number of pyridine rings is 1. The second-order valence-electron chi connectivity index (χ2n) is 8.57. The third-order valence-electron chi connectivity index (χ3n) is 4.76. The zero-order valence-electron chi connectivity index (χ0n) is 18.4. The summed E-state index contributed by atoms with van der Waals surface area (Å²) in [5, 5.41) is 4.12. The quantitative estimate of drug-likeness (QED) is 0.458. The minimum absolute atomic E-state index is 0.561. The van der Waals surface area contributed by atoms with Crippen LogP contribution >= 0.6 is 11.6 Å². The maximum atomic E-state index is 6.02. The molecule has 30 heavy (non-hydrogen) atoms. The number of rotatable bonds is 10. The van der Waals surface area contributed by atoms with Crippen LogP contribution in [0.1, 0.15) is 34.1 Å². The zero-order chi connectivity index (χ0) is 21.7. The molecule has 3 aromatic rings. The van der Waals surface area contributed by atoms with E-state index < -0.39 is 0 Å². The summed E-state index contributed by atoms with van der Waals surface area (Å²) < 4.78 is 2.13. The van der Waals surface area contributed by atoms with E-state index in [1.54, 1.807) is 0 Å². The van der Waals surface area contributed by atoms with E-state index in [2.05, 4.69) is 54.6 Å². The maximum Gasteiger partial charge on any atom is 0.209 e. The van der Waals surface area contributed by atoms with E-state index in [4.69, 9.17) is 27.3 Å². The van der Waals surface area contributed by atoms with Crippen molar-refractivity contribution in [1.82, 2.24) is 14.5 Å². The fourth-order valence-corrected chi connectivity index (χ4v) is 3.66. The molecule has 7 heteroatoms. The predicted octanol–water partition coefficient (Wildman–Crippen LogP) is 5.30. The molecule has 6 nitrogen and oxygen atoms in total. The molecule has 0 saturated carbocycles. The van der Waals surface area contributed by atoms with Crippen molar-refractivity contribution in [1.29, 1.82) is 0 Å². The number of halogens is 1. The van der Waals surface area contributed by atoms with Crippen LogP contribution in [0.4, 0.5) is 17.5 Å². The van der Waals surface area contributed by atoms with Crippen molar-refractivity contribution in [3.05, 3.63) is 41.4 Å². The zero-order valence-corrected chi connectivity index (χ0v) is 19.2. The third-order valence-corrected chi connectivity index (χ3v) is 5.01. The largest absolute Gasteiger partial charge is 0.356 e. The van der Waals surface area contributed by atoms with Gasteiger partial charge in [0.05, 0.1) is 0 Å². The monoisotopic (exact) mass is 428 g/mol. The van der Waals surface area contributed by atoms with Crippen molar-refractivity contribution < 1.29 is 0 Å². The molecule has 0 spiro atoms. The van der Waals surface area contributed by atoms with Crippen LogP contribution in [0.3, 0.4) is 0 Å². The first-order chi connectivity index (χ1) is 14.4. The molecule has 2 aromatic heterocycles. The first-order valence-electron chi connectivity index (χ1n) is 10.7. The molecule has 3 N–H and O–H groups in total. The molecule has 0 radical (unpaired) electrons.